The molecule has 1 aliphatic rings. The van der Waals surface area contributed by atoms with Gasteiger partial charge in [-0.05, 0) is 44.2 Å². The van der Waals surface area contributed by atoms with Crippen LogP contribution in [0.25, 0.3) is 0 Å². The lowest BCUT2D eigenvalue weighted by Gasteiger charge is -2.08. The van der Waals surface area contributed by atoms with Gasteiger partial charge in [-0.25, -0.2) is 0 Å². The van der Waals surface area contributed by atoms with E-state index in [-0.39, 0.29) is 0 Å². The predicted octanol–water partition coefficient (Wildman–Crippen LogP) is 2.73. The molecule has 0 amide bonds. The van der Waals surface area contributed by atoms with E-state index in [0.717, 1.165) is 35.9 Å². The number of nitrogens with zero attached hydrogens (tertiary/aromatic N) is 3. The molecule has 1 aromatic heterocycles. The average molecular weight is 256 g/mol. The summed E-state index contributed by atoms with van der Waals surface area (Å²) >= 11 is 0. The van der Waals surface area contributed by atoms with E-state index >= 15 is 0 Å². The Kier molecular flexibility index (Phi) is 2.82. The van der Waals surface area contributed by atoms with Gasteiger partial charge in [-0.2, -0.15) is 5.10 Å². The van der Waals surface area contributed by atoms with Gasteiger partial charge < -0.3 is 5.32 Å². The first kappa shape index (κ1) is 12.2. The Morgan fingerprint density at radius 3 is 2.53 bits per heavy atom. The second kappa shape index (κ2) is 4.38. The molecule has 1 aliphatic heterocycles. The summed E-state index contributed by atoms with van der Waals surface area (Å²) in [6.07, 6.45) is 0. The van der Waals surface area contributed by atoms with Crippen LogP contribution in [0.5, 0.6) is 0 Å². The van der Waals surface area contributed by atoms with Crippen LogP contribution in [0.1, 0.15) is 22.5 Å². The van der Waals surface area contributed by atoms with Crippen LogP contribution in [0.4, 0.5) is 11.4 Å². The van der Waals surface area contributed by atoms with Crippen LogP contribution in [0.15, 0.2) is 18.2 Å². The van der Waals surface area contributed by atoms with Crippen molar-refractivity contribution in [3.05, 3.63) is 40.7 Å². The molecule has 0 radical (unpaired) electrons. The standard InChI is InChI=1S/C15H20N4/c1-10-15(11(2)19(4)17-10)16-14-6-5-12-8-18(3)9-13(12)7-14/h5-7,16H,8-9H2,1-4H3. The average Bonchev–Trinajstić information content (AvgIpc) is 2.83. The number of aromatic nitrogens is 2. The zero-order valence-electron chi connectivity index (χ0n) is 12.0. The molecule has 1 N–H and O–H groups in total. The van der Waals surface area contributed by atoms with Crippen LogP contribution in [-0.4, -0.2) is 21.7 Å². The van der Waals surface area contributed by atoms with E-state index in [1.54, 1.807) is 0 Å². The first-order valence-electron chi connectivity index (χ1n) is 6.62. The molecule has 0 spiro atoms. The van der Waals surface area contributed by atoms with Crippen molar-refractivity contribution in [1.82, 2.24) is 14.7 Å². The molecule has 2 heterocycles. The molecule has 0 saturated carbocycles. The van der Waals surface area contributed by atoms with Gasteiger partial charge in [0.05, 0.1) is 17.1 Å². The quantitative estimate of drug-likeness (QED) is 0.897. The summed E-state index contributed by atoms with van der Waals surface area (Å²) in [5, 5.41) is 7.94. The molecule has 0 unspecified atom stereocenters. The highest BCUT2D eigenvalue weighted by Gasteiger charge is 2.16. The molecule has 100 valence electrons. The van der Waals surface area contributed by atoms with Gasteiger partial charge in [0.1, 0.15) is 0 Å². The summed E-state index contributed by atoms with van der Waals surface area (Å²) in [5.41, 5.74) is 7.33. The van der Waals surface area contributed by atoms with Crippen molar-refractivity contribution in [1.29, 1.82) is 0 Å². The summed E-state index contributed by atoms with van der Waals surface area (Å²) < 4.78 is 1.92. The summed E-state index contributed by atoms with van der Waals surface area (Å²) in [5.74, 6) is 0. The molecule has 0 atom stereocenters. The Morgan fingerprint density at radius 1 is 1.11 bits per heavy atom. The van der Waals surface area contributed by atoms with Crippen LogP contribution < -0.4 is 5.32 Å². The maximum atomic E-state index is 4.44. The van der Waals surface area contributed by atoms with Crippen LogP contribution in [-0.2, 0) is 20.1 Å². The zero-order chi connectivity index (χ0) is 13.6. The molecule has 1 aromatic carbocycles. The fourth-order valence-corrected chi connectivity index (χ4v) is 2.74. The van der Waals surface area contributed by atoms with E-state index in [2.05, 4.69) is 47.5 Å². The third-order valence-electron chi connectivity index (χ3n) is 3.87. The van der Waals surface area contributed by atoms with E-state index < -0.39 is 0 Å². The lowest BCUT2D eigenvalue weighted by Crippen LogP contribution is -2.07. The third-order valence-corrected chi connectivity index (χ3v) is 3.87. The monoisotopic (exact) mass is 256 g/mol. The second-order valence-corrected chi connectivity index (χ2v) is 5.45. The second-order valence-electron chi connectivity index (χ2n) is 5.45. The molecule has 0 saturated heterocycles. The van der Waals surface area contributed by atoms with Gasteiger partial charge in [0.15, 0.2) is 0 Å². The summed E-state index contributed by atoms with van der Waals surface area (Å²) in [6.45, 7) is 6.22. The number of anilines is 2. The van der Waals surface area contributed by atoms with Crippen molar-refractivity contribution in [3.8, 4) is 0 Å². The van der Waals surface area contributed by atoms with Gasteiger partial charge in [0.2, 0.25) is 0 Å². The zero-order valence-corrected chi connectivity index (χ0v) is 12.0. The first-order chi connectivity index (χ1) is 9.04. The van der Waals surface area contributed by atoms with Crippen LogP contribution in [0.2, 0.25) is 0 Å². The number of hydrogen-bond donors (Lipinski definition) is 1. The van der Waals surface area contributed by atoms with Crippen molar-refractivity contribution in [2.75, 3.05) is 12.4 Å². The predicted molar refractivity (Wildman–Crippen MR) is 77.6 cm³/mol. The fourth-order valence-electron chi connectivity index (χ4n) is 2.74. The van der Waals surface area contributed by atoms with E-state index in [0.29, 0.717) is 0 Å². The molecule has 0 fully saturated rings. The van der Waals surface area contributed by atoms with Crippen molar-refractivity contribution < 1.29 is 0 Å². The topological polar surface area (TPSA) is 33.1 Å². The van der Waals surface area contributed by atoms with Gasteiger partial charge >= 0.3 is 0 Å². The highest BCUT2D eigenvalue weighted by molar-refractivity contribution is 5.65. The van der Waals surface area contributed by atoms with E-state index in [1.165, 1.54) is 11.1 Å². The number of hydrogen-bond acceptors (Lipinski definition) is 3. The molecule has 4 nitrogen and oxygen atoms in total. The highest BCUT2D eigenvalue weighted by Crippen LogP contribution is 2.28. The summed E-state index contributed by atoms with van der Waals surface area (Å²) in [7, 11) is 4.13. The smallest absolute Gasteiger partial charge is 0.0831 e. The fraction of sp³-hybridized carbons (Fsp3) is 0.400. The minimum Gasteiger partial charge on any atom is -0.353 e. The summed E-state index contributed by atoms with van der Waals surface area (Å²) in [4.78, 5) is 2.33. The number of benzene rings is 1. The van der Waals surface area contributed by atoms with Gasteiger partial charge in [-0.1, -0.05) is 6.07 Å². The molecule has 19 heavy (non-hydrogen) atoms. The Balaban J connectivity index is 1.90. The van der Waals surface area contributed by atoms with Crippen molar-refractivity contribution in [2.24, 2.45) is 7.05 Å². The molecule has 0 aliphatic carbocycles. The van der Waals surface area contributed by atoms with Gasteiger partial charge in [0, 0.05) is 25.8 Å². The van der Waals surface area contributed by atoms with Crippen molar-refractivity contribution in [2.45, 2.75) is 26.9 Å². The normalized spacial score (nSPS) is 14.7. The minimum absolute atomic E-state index is 1.04. The number of aryl methyl sites for hydroxylation is 2. The van der Waals surface area contributed by atoms with Crippen molar-refractivity contribution >= 4 is 11.4 Å². The number of fused-ring (bicyclic) bond motifs is 1. The SMILES string of the molecule is Cc1nn(C)c(C)c1Nc1ccc2c(c1)CN(C)C2. The van der Waals surface area contributed by atoms with Crippen LogP contribution >= 0.6 is 0 Å². The Hall–Kier alpha value is -1.81. The Labute approximate surface area is 114 Å². The molecular formula is C15H20N4. The number of rotatable bonds is 2. The third kappa shape index (κ3) is 2.12. The van der Waals surface area contributed by atoms with Crippen LogP contribution in [0, 0.1) is 13.8 Å². The van der Waals surface area contributed by atoms with Crippen molar-refractivity contribution in [3.63, 3.8) is 0 Å². The molecule has 4 heteroatoms. The number of nitrogens with one attached hydrogen (secondary N) is 1. The first-order valence-corrected chi connectivity index (χ1v) is 6.62. The molecule has 3 rings (SSSR count). The van der Waals surface area contributed by atoms with E-state index in [9.17, 15) is 0 Å². The lowest BCUT2D eigenvalue weighted by molar-refractivity contribution is 0.353. The van der Waals surface area contributed by atoms with Gasteiger partial charge in [-0.15, -0.1) is 0 Å². The van der Waals surface area contributed by atoms with E-state index in [1.807, 2.05) is 18.7 Å². The molecular weight excluding hydrogens is 236 g/mol. The molecule has 0 bridgehead atoms. The summed E-state index contributed by atoms with van der Waals surface area (Å²) in [6, 6.07) is 6.64. The van der Waals surface area contributed by atoms with Gasteiger partial charge in [0.25, 0.3) is 0 Å². The Bertz CT molecular complexity index is 627. The largest absolute Gasteiger partial charge is 0.353 e. The Morgan fingerprint density at radius 2 is 1.84 bits per heavy atom. The maximum absolute atomic E-state index is 4.44. The van der Waals surface area contributed by atoms with Gasteiger partial charge in [-0.3, -0.25) is 9.58 Å². The molecule has 2 aromatic rings. The highest BCUT2D eigenvalue weighted by atomic mass is 15.3. The minimum atomic E-state index is 1.04. The lowest BCUT2D eigenvalue weighted by atomic mass is 10.1. The maximum Gasteiger partial charge on any atom is 0.0831 e. The van der Waals surface area contributed by atoms with E-state index in [4.69, 9.17) is 0 Å². The van der Waals surface area contributed by atoms with Crippen LogP contribution in [0.3, 0.4) is 0 Å².